The molecule has 3 nitrogen and oxygen atoms in total. The van der Waals surface area contributed by atoms with Gasteiger partial charge in [-0.05, 0) is 24.1 Å². The predicted octanol–water partition coefficient (Wildman–Crippen LogP) is 2.24. The van der Waals surface area contributed by atoms with Crippen LogP contribution in [0, 0.1) is 5.82 Å². The molecule has 0 aliphatic carbocycles. The van der Waals surface area contributed by atoms with Gasteiger partial charge in [-0.25, -0.2) is 4.39 Å². The van der Waals surface area contributed by atoms with Crippen molar-refractivity contribution in [2.45, 2.75) is 18.7 Å². The third-order valence-electron chi connectivity index (χ3n) is 2.50. The molecule has 0 aromatic heterocycles. The maximum atomic E-state index is 12.9. The van der Waals surface area contributed by atoms with Crippen LogP contribution in [0.5, 0.6) is 0 Å². The molecule has 0 heterocycles. The largest absolute Gasteiger partial charge is 0.416 e. The highest BCUT2D eigenvalue weighted by atomic mass is 19.4. The minimum absolute atomic E-state index is 0.0764. The van der Waals surface area contributed by atoms with Crippen LogP contribution in [0.2, 0.25) is 0 Å². The van der Waals surface area contributed by atoms with E-state index in [1.54, 1.807) is 0 Å². The van der Waals surface area contributed by atoms with Crippen molar-refractivity contribution in [3.63, 3.8) is 0 Å². The van der Waals surface area contributed by atoms with Gasteiger partial charge in [0, 0.05) is 19.8 Å². The maximum Gasteiger partial charge on any atom is 0.416 e. The lowest BCUT2D eigenvalue weighted by Crippen LogP contribution is -2.21. The zero-order valence-corrected chi connectivity index (χ0v) is 10.1. The predicted molar refractivity (Wildman–Crippen MR) is 60.9 cm³/mol. The molecule has 0 saturated carbocycles. The normalized spacial score (nSPS) is 13.6. The highest BCUT2D eigenvalue weighted by Crippen LogP contribution is 2.35. The molecule has 108 valence electrons. The summed E-state index contributed by atoms with van der Waals surface area (Å²) >= 11 is 0. The molecule has 0 saturated heterocycles. The second-order valence-corrected chi connectivity index (χ2v) is 3.90. The molecule has 1 aromatic rings. The molecule has 0 aliphatic heterocycles. The van der Waals surface area contributed by atoms with Crippen molar-refractivity contribution in [3.05, 3.63) is 35.1 Å². The fourth-order valence-corrected chi connectivity index (χ4v) is 1.63. The van der Waals surface area contributed by atoms with Crippen LogP contribution in [0.25, 0.3) is 0 Å². The lowest BCUT2D eigenvalue weighted by molar-refractivity contribution is -0.139. The second kappa shape index (κ2) is 6.83. The number of aliphatic hydroxyl groups is 1. The van der Waals surface area contributed by atoms with E-state index in [9.17, 15) is 17.6 Å². The number of halogens is 4. The number of hydrogen-bond donors (Lipinski definition) is 2. The molecule has 7 heteroatoms. The quantitative estimate of drug-likeness (QED) is 0.621. The number of hydrogen-bond acceptors (Lipinski definition) is 3. The van der Waals surface area contributed by atoms with E-state index in [4.69, 9.17) is 15.6 Å². The summed E-state index contributed by atoms with van der Waals surface area (Å²) < 4.78 is 56.6. The Morgan fingerprint density at radius 2 is 2.00 bits per heavy atom. The van der Waals surface area contributed by atoms with E-state index < -0.39 is 23.7 Å². The molecule has 0 amide bonds. The molecule has 0 fully saturated rings. The zero-order chi connectivity index (χ0) is 14.5. The molecule has 1 aromatic carbocycles. The van der Waals surface area contributed by atoms with Gasteiger partial charge in [0.2, 0.25) is 0 Å². The lowest BCUT2D eigenvalue weighted by Gasteiger charge is -2.21. The van der Waals surface area contributed by atoms with Crippen molar-refractivity contribution in [2.24, 2.45) is 5.73 Å². The molecular formula is C12H15F4NO2. The molecule has 0 aliphatic rings. The first kappa shape index (κ1) is 15.9. The molecular weight excluding hydrogens is 266 g/mol. The Kier molecular flexibility index (Phi) is 5.71. The van der Waals surface area contributed by atoms with Gasteiger partial charge in [0.25, 0.3) is 0 Å². The molecule has 1 unspecified atom stereocenters. The third kappa shape index (κ3) is 4.45. The van der Waals surface area contributed by atoms with Crippen LogP contribution in [0.3, 0.4) is 0 Å². The summed E-state index contributed by atoms with van der Waals surface area (Å²) in [4.78, 5) is 0. The van der Waals surface area contributed by atoms with Crippen LogP contribution in [-0.2, 0) is 10.9 Å². The minimum Gasteiger partial charge on any atom is -0.396 e. The topological polar surface area (TPSA) is 55.5 Å². The molecule has 1 rings (SSSR count). The van der Waals surface area contributed by atoms with Crippen molar-refractivity contribution in [1.82, 2.24) is 0 Å². The van der Waals surface area contributed by atoms with Crippen LogP contribution in [0.4, 0.5) is 17.6 Å². The molecule has 19 heavy (non-hydrogen) atoms. The van der Waals surface area contributed by atoms with Crippen molar-refractivity contribution in [3.8, 4) is 0 Å². The average Bonchev–Trinajstić information content (AvgIpc) is 2.34. The van der Waals surface area contributed by atoms with Gasteiger partial charge in [-0.1, -0.05) is 6.07 Å². The van der Waals surface area contributed by atoms with Crippen molar-refractivity contribution >= 4 is 0 Å². The van der Waals surface area contributed by atoms with Crippen LogP contribution in [0.1, 0.15) is 23.7 Å². The van der Waals surface area contributed by atoms with Crippen molar-refractivity contribution < 1.29 is 27.4 Å². The fourth-order valence-electron chi connectivity index (χ4n) is 1.63. The maximum absolute atomic E-state index is 12.9. The van der Waals surface area contributed by atoms with Gasteiger partial charge in [-0.3, -0.25) is 0 Å². The van der Waals surface area contributed by atoms with E-state index in [2.05, 4.69) is 0 Å². The van der Waals surface area contributed by atoms with Gasteiger partial charge >= 0.3 is 6.18 Å². The van der Waals surface area contributed by atoms with Crippen LogP contribution in [-0.4, -0.2) is 24.9 Å². The standard InChI is InChI=1S/C12H15F4NO2/c13-8-2-3-9(10(6-8)12(14,15)16)11(7-17)19-5-1-4-18/h2-3,6,11,18H,1,4-5,7,17H2. The fraction of sp³-hybridized carbons (Fsp3) is 0.500. The smallest absolute Gasteiger partial charge is 0.396 e. The summed E-state index contributed by atoms with van der Waals surface area (Å²) in [5, 5.41) is 8.60. The number of aliphatic hydroxyl groups excluding tert-OH is 1. The van der Waals surface area contributed by atoms with Crippen molar-refractivity contribution in [2.75, 3.05) is 19.8 Å². The Balaban J connectivity index is 3.02. The van der Waals surface area contributed by atoms with E-state index in [-0.39, 0.29) is 25.3 Å². The molecule has 0 bridgehead atoms. The van der Waals surface area contributed by atoms with E-state index in [0.29, 0.717) is 12.5 Å². The summed E-state index contributed by atoms with van der Waals surface area (Å²) in [5.74, 6) is -0.970. The Bertz CT molecular complexity index is 409. The summed E-state index contributed by atoms with van der Waals surface area (Å²) in [6.07, 6.45) is -5.37. The van der Waals surface area contributed by atoms with Gasteiger partial charge in [0.15, 0.2) is 0 Å². The van der Waals surface area contributed by atoms with Crippen molar-refractivity contribution in [1.29, 1.82) is 0 Å². The van der Waals surface area contributed by atoms with E-state index in [1.165, 1.54) is 0 Å². The number of ether oxygens (including phenoxy) is 1. The van der Waals surface area contributed by atoms with Crippen LogP contribution < -0.4 is 5.73 Å². The monoisotopic (exact) mass is 281 g/mol. The highest BCUT2D eigenvalue weighted by Gasteiger charge is 2.35. The lowest BCUT2D eigenvalue weighted by atomic mass is 10.0. The number of nitrogens with two attached hydrogens (primary N) is 1. The average molecular weight is 281 g/mol. The Labute approximate surface area is 108 Å². The summed E-state index contributed by atoms with van der Waals surface area (Å²) in [6, 6.07) is 2.38. The van der Waals surface area contributed by atoms with E-state index in [1.807, 2.05) is 0 Å². The second-order valence-electron chi connectivity index (χ2n) is 3.90. The SMILES string of the molecule is NCC(OCCCO)c1ccc(F)cc1C(F)(F)F. The third-order valence-corrected chi connectivity index (χ3v) is 2.50. The van der Waals surface area contributed by atoms with Gasteiger partial charge in [-0.15, -0.1) is 0 Å². The number of rotatable bonds is 6. The first-order valence-electron chi connectivity index (χ1n) is 5.69. The molecule has 0 radical (unpaired) electrons. The van der Waals surface area contributed by atoms with Gasteiger partial charge in [0.1, 0.15) is 5.82 Å². The highest BCUT2D eigenvalue weighted by molar-refractivity contribution is 5.32. The van der Waals surface area contributed by atoms with Gasteiger partial charge < -0.3 is 15.6 Å². The summed E-state index contributed by atoms with van der Waals surface area (Å²) in [5.41, 5.74) is 4.10. The Hall–Kier alpha value is -1.18. The zero-order valence-electron chi connectivity index (χ0n) is 10.1. The first-order valence-corrected chi connectivity index (χ1v) is 5.69. The van der Waals surface area contributed by atoms with E-state index >= 15 is 0 Å². The first-order chi connectivity index (χ1) is 8.90. The van der Waals surface area contributed by atoms with Gasteiger partial charge in [0.05, 0.1) is 11.7 Å². The molecule has 1 atom stereocenters. The van der Waals surface area contributed by atoms with Gasteiger partial charge in [-0.2, -0.15) is 13.2 Å². The Morgan fingerprint density at radius 1 is 1.32 bits per heavy atom. The molecule has 0 spiro atoms. The van der Waals surface area contributed by atoms with E-state index in [0.717, 1.165) is 12.1 Å². The van der Waals surface area contributed by atoms with Crippen LogP contribution >= 0.6 is 0 Å². The minimum atomic E-state index is -4.68. The molecule has 3 N–H and O–H groups in total. The Morgan fingerprint density at radius 3 is 2.53 bits per heavy atom. The number of benzene rings is 1. The summed E-state index contributed by atoms with van der Waals surface area (Å²) in [7, 11) is 0. The number of alkyl halides is 3. The van der Waals surface area contributed by atoms with Crippen LogP contribution in [0.15, 0.2) is 18.2 Å². The summed E-state index contributed by atoms with van der Waals surface area (Å²) in [6.45, 7) is -0.222.